The van der Waals surface area contributed by atoms with Gasteiger partial charge in [0.25, 0.3) is 0 Å². The molecule has 1 saturated heterocycles. The van der Waals surface area contributed by atoms with Crippen molar-refractivity contribution in [3.63, 3.8) is 0 Å². The highest BCUT2D eigenvalue weighted by molar-refractivity contribution is 7.99. The predicted octanol–water partition coefficient (Wildman–Crippen LogP) is 6.79. The van der Waals surface area contributed by atoms with E-state index in [4.69, 9.17) is 28.2 Å². The first-order valence-electron chi connectivity index (χ1n) is 11.8. The molecule has 9 heteroatoms. The van der Waals surface area contributed by atoms with Gasteiger partial charge in [0.2, 0.25) is 5.91 Å². The minimum absolute atomic E-state index is 0.0736. The number of carbonyl (C=O) groups is 1. The zero-order chi connectivity index (χ0) is 25.8. The van der Waals surface area contributed by atoms with Crippen LogP contribution in [0.25, 0.3) is 0 Å². The lowest BCUT2D eigenvalue weighted by Gasteiger charge is -2.25. The topological polar surface area (TPSA) is 70.4 Å². The molecule has 1 aliphatic heterocycles. The largest absolute Gasteiger partial charge is 0.452 e. The highest BCUT2D eigenvalue weighted by Gasteiger charge is 2.41. The molecule has 37 heavy (non-hydrogen) atoms. The fourth-order valence-corrected chi connectivity index (χ4v) is 5.51. The molecule has 3 heterocycles. The van der Waals surface area contributed by atoms with E-state index in [9.17, 15) is 4.79 Å². The Hall–Kier alpha value is -3.33. The minimum Gasteiger partial charge on any atom is -0.452 e. The summed E-state index contributed by atoms with van der Waals surface area (Å²) in [5.41, 5.74) is 2.68. The third-order valence-corrected chi connectivity index (χ3v) is 7.66. The van der Waals surface area contributed by atoms with Crippen molar-refractivity contribution in [2.24, 2.45) is 0 Å². The number of aromatic nitrogens is 1. The quantitative estimate of drug-likeness (QED) is 0.235. The molecule has 0 unspecified atom stereocenters. The molecule has 0 radical (unpaired) electrons. The highest BCUT2D eigenvalue weighted by Crippen LogP contribution is 2.41. The van der Waals surface area contributed by atoms with Crippen LogP contribution in [-0.2, 0) is 4.79 Å². The number of pyridine rings is 1. The van der Waals surface area contributed by atoms with Gasteiger partial charge in [-0.2, -0.15) is 0 Å². The predicted molar refractivity (Wildman–Crippen MR) is 151 cm³/mol. The van der Waals surface area contributed by atoms with Crippen molar-refractivity contribution in [2.45, 2.75) is 35.4 Å². The Morgan fingerprint density at radius 1 is 1.11 bits per heavy atom. The van der Waals surface area contributed by atoms with Crippen molar-refractivity contribution in [1.82, 2.24) is 15.2 Å². The molecule has 4 aromatic rings. The average molecular weight is 549 g/mol. The summed E-state index contributed by atoms with van der Waals surface area (Å²) >= 11 is 13.3. The third kappa shape index (κ3) is 5.98. The number of amides is 1. The maximum absolute atomic E-state index is 12.8. The second kappa shape index (κ2) is 11.4. The molecule has 0 aliphatic carbocycles. The summed E-state index contributed by atoms with van der Waals surface area (Å²) in [6.45, 7) is 2.40. The van der Waals surface area contributed by atoms with Gasteiger partial charge >= 0.3 is 0 Å². The summed E-state index contributed by atoms with van der Waals surface area (Å²) in [5.74, 6) is 0.675. The molecule has 1 fully saturated rings. The van der Waals surface area contributed by atoms with Gasteiger partial charge in [-0.05, 0) is 79.3 Å². The van der Waals surface area contributed by atoms with E-state index in [0.29, 0.717) is 16.7 Å². The number of hydrogen-bond acceptors (Lipinski definition) is 5. The number of anilines is 1. The van der Waals surface area contributed by atoms with Gasteiger partial charge in [0.15, 0.2) is 10.2 Å². The minimum atomic E-state index is -0.256. The molecule has 1 amide bonds. The van der Waals surface area contributed by atoms with Crippen molar-refractivity contribution in [3.8, 4) is 0 Å². The second-order valence-electron chi connectivity index (χ2n) is 8.65. The Balaban J connectivity index is 1.36. The van der Waals surface area contributed by atoms with E-state index in [0.717, 1.165) is 32.7 Å². The number of furan rings is 1. The van der Waals surface area contributed by atoms with E-state index in [1.165, 1.54) is 11.8 Å². The van der Waals surface area contributed by atoms with Crippen LogP contribution in [0.3, 0.4) is 0 Å². The van der Waals surface area contributed by atoms with E-state index < -0.39 is 0 Å². The van der Waals surface area contributed by atoms with Gasteiger partial charge < -0.3 is 20.0 Å². The van der Waals surface area contributed by atoms with Crippen molar-refractivity contribution in [2.75, 3.05) is 11.9 Å². The number of aryl methyl sites for hydroxylation is 1. The molecule has 2 aromatic carbocycles. The van der Waals surface area contributed by atoms with Gasteiger partial charge in [0.05, 0.1) is 11.7 Å². The molecule has 2 atom stereocenters. The third-order valence-electron chi connectivity index (χ3n) is 6.12. The molecule has 0 spiro atoms. The van der Waals surface area contributed by atoms with Gasteiger partial charge in [-0.1, -0.05) is 47.6 Å². The van der Waals surface area contributed by atoms with Crippen molar-refractivity contribution < 1.29 is 9.21 Å². The second-order valence-corrected chi connectivity index (χ2v) is 10.5. The summed E-state index contributed by atoms with van der Waals surface area (Å²) in [6, 6.07) is 24.6. The standard InChI is InChI=1S/C28H25ClN4O2S2/c1-18-6-2-3-7-21(18)31-24(34)15-17-33-27(26(32-28(33)36)22-8-4-5-16-30-22)23-13-14-25(35-23)37-20-11-9-19(29)10-12-20/h2-14,16,26-27H,15,17H2,1H3,(H,31,34)(H,32,36)/t26-,27+/m0/s1. The number of para-hydroxylation sites is 1. The number of nitrogens with zero attached hydrogens (tertiary/aromatic N) is 2. The highest BCUT2D eigenvalue weighted by atomic mass is 35.5. The number of benzene rings is 2. The molecule has 1 aliphatic rings. The maximum Gasteiger partial charge on any atom is 0.226 e. The van der Waals surface area contributed by atoms with Crippen LogP contribution in [-0.4, -0.2) is 27.4 Å². The fraction of sp³-hybridized carbons (Fsp3) is 0.179. The zero-order valence-corrected chi connectivity index (χ0v) is 22.4. The summed E-state index contributed by atoms with van der Waals surface area (Å²) in [4.78, 5) is 20.4. The van der Waals surface area contributed by atoms with E-state index in [1.807, 2.05) is 90.7 Å². The first-order chi connectivity index (χ1) is 18.0. The van der Waals surface area contributed by atoms with Crippen molar-refractivity contribution >= 4 is 52.3 Å². The zero-order valence-electron chi connectivity index (χ0n) is 20.1. The van der Waals surface area contributed by atoms with Crippen LogP contribution in [0.4, 0.5) is 5.69 Å². The Morgan fingerprint density at radius 3 is 2.65 bits per heavy atom. The van der Waals surface area contributed by atoms with Crippen LogP contribution in [0.2, 0.25) is 5.02 Å². The maximum atomic E-state index is 12.8. The Labute approximate surface area is 230 Å². The number of carbonyl (C=O) groups excluding carboxylic acids is 1. The van der Waals surface area contributed by atoms with Crippen LogP contribution >= 0.6 is 35.6 Å². The number of halogens is 1. The van der Waals surface area contributed by atoms with Gasteiger partial charge in [0.1, 0.15) is 11.8 Å². The van der Waals surface area contributed by atoms with Crippen molar-refractivity contribution in [1.29, 1.82) is 0 Å². The Kier molecular flexibility index (Phi) is 7.79. The van der Waals surface area contributed by atoms with E-state index in [2.05, 4.69) is 15.6 Å². The lowest BCUT2D eigenvalue weighted by atomic mass is 10.0. The lowest BCUT2D eigenvalue weighted by molar-refractivity contribution is -0.116. The van der Waals surface area contributed by atoms with Gasteiger partial charge in [-0.3, -0.25) is 9.78 Å². The lowest BCUT2D eigenvalue weighted by Crippen LogP contribution is -2.32. The Bertz CT molecular complexity index is 1390. The number of thiocarbonyl (C=S) groups is 1. The van der Waals surface area contributed by atoms with Crippen LogP contribution in [0.1, 0.15) is 35.5 Å². The number of hydrogen-bond donors (Lipinski definition) is 2. The SMILES string of the molecule is Cc1ccccc1NC(=O)CCN1C(=S)N[C@@H](c2ccccn2)[C@H]1c1ccc(Sc2ccc(Cl)cc2)o1. The molecular weight excluding hydrogens is 524 g/mol. The average Bonchev–Trinajstić information content (AvgIpc) is 3.49. The van der Waals surface area contributed by atoms with Gasteiger partial charge in [-0.25, -0.2) is 0 Å². The molecule has 0 bridgehead atoms. The first kappa shape index (κ1) is 25.3. The van der Waals surface area contributed by atoms with Gasteiger partial charge in [-0.15, -0.1) is 0 Å². The summed E-state index contributed by atoms with van der Waals surface area (Å²) in [7, 11) is 0. The Morgan fingerprint density at radius 2 is 1.89 bits per heavy atom. The number of nitrogens with one attached hydrogen (secondary N) is 2. The molecule has 188 valence electrons. The molecule has 0 saturated carbocycles. The monoisotopic (exact) mass is 548 g/mol. The van der Waals surface area contributed by atoms with Crippen LogP contribution in [0, 0.1) is 6.92 Å². The molecule has 2 aromatic heterocycles. The fourth-order valence-electron chi connectivity index (χ4n) is 4.27. The molecular formula is C28H25ClN4O2S2. The molecule has 5 rings (SSSR count). The smallest absolute Gasteiger partial charge is 0.226 e. The summed E-state index contributed by atoms with van der Waals surface area (Å²) in [6.07, 6.45) is 2.04. The van der Waals surface area contributed by atoms with Gasteiger partial charge in [0, 0.05) is 34.8 Å². The summed E-state index contributed by atoms with van der Waals surface area (Å²) < 4.78 is 6.31. The van der Waals surface area contributed by atoms with E-state index >= 15 is 0 Å². The first-order valence-corrected chi connectivity index (χ1v) is 13.4. The van der Waals surface area contributed by atoms with Crippen LogP contribution in [0.15, 0.2) is 99.5 Å². The normalized spacial score (nSPS) is 17.0. The van der Waals surface area contributed by atoms with Crippen molar-refractivity contribution in [3.05, 3.63) is 107 Å². The van der Waals surface area contributed by atoms with Crippen LogP contribution < -0.4 is 10.6 Å². The summed E-state index contributed by atoms with van der Waals surface area (Å²) in [5, 5.41) is 8.41. The van der Waals surface area contributed by atoms with Crippen LogP contribution in [0.5, 0.6) is 0 Å². The van der Waals surface area contributed by atoms with E-state index in [1.54, 1.807) is 6.20 Å². The molecule has 6 nitrogen and oxygen atoms in total. The van der Waals surface area contributed by atoms with E-state index in [-0.39, 0.29) is 24.4 Å². The molecule has 2 N–H and O–H groups in total. The number of rotatable bonds is 8.